The van der Waals surface area contributed by atoms with Crippen LogP contribution in [0.5, 0.6) is 0 Å². The largest absolute Gasteiger partial charge is 0.372 e. The fourth-order valence-corrected chi connectivity index (χ4v) is 2.03. The Bertz CT molecular complexity index is 217. The average Bonchev–Trinajstić information content (AvgIpc) is 2.43. The Hall–Kier alpha value is -0.570. The van der Waals surface area contributed by atoms with Crippen LogP contribution in [0.2, 0.25) is 0 Å². The van der Waals surface area contributed by atoms with Crippen LogP contribution < -0.4 is 0 Å². The highest BCUT2D eigenvalue weighted by Gasteiger charge is 2.37. The minimum Gasteiger partial charge on any atom is -0.372 e. The highest BCUT2D eigenvalue weighted by atomic mass is 16.5. The minimum atomic E-state index is -0.310. The maximum Gasteiger partial charge on any atom is 0.251 e. The van der Waals surface area contributed by atoms with Crippen LogP contribution in [0, 0.1) is 11.8 Å². The molecule has 0 spiro atoms. The van der Waals surface area contributed by atoms with Crippen LogP contribution in [0.3, 0.4) is 0 Å². The third-order valence-corrected chi connectivity index (χ3v) is 3.62. The normalized spacial score (nSPS) is 34.6. The molecule has 0 saturated carbocycles. The highest BCUT2D eigenvalue weighted by Crippen LogP contribution is 2.29. The molecule has 1 aliphatic heterocycles. The smallest absolute Gasteiger partial charge is 0.251 e. The second kappa shape index (κ2) is 4.30. The van der Waals surface area contributed by atoms with Crippen molar-refractivity contribution < 1.29 is 9.53 Å². The van der Waals surface area contributed by atoms with E-state index < -0.39 is 0 Å². The molecule has 1 rings (SSSR count). The molecule has 0 N–H and O–H groups in total. The number of nitrogens with zero attached hydrogens (tertiary/aromatic N) is 1. The van der Waals surface area contributed by atoms with E-state index in [0.29, 0.717) is 17.9 Å². The van der Waals surface area contributed by atoms with Crippen molar-refractivity contribution in [3.8, 4) is 0 Å². The van der Waals surface area contributed by atoms with E-state index >= 15 is 0 Å². The van der Waals surface area contributed by atoms with E-state index in [1.165, 1.54) is 0 Å². The van der Waals surface area contributed by atoms with E-state index in [-0.39, 0.29) is 12.0 Å². The van der Waals surface area contributed by atoms with Crippen LogP contribution in [0.4, 0.5) is 0 Å². The molecule has 0 aliphatic carbocycles. The second-order valence-electron chi connectivity index (χ2n) is 4.45. The van der Waals surface area contributed by atoms with Crippen molar-refractivity contribution in [1.29, 1.82) is 0 Å². The zero-order valence-corrected chi connectivity index (χ0v) is 9.78. The monoisotopic (exact) mass is 199 g/mol. The quantitative estimate of drug-likeness (QED) is 0.675. The van der Waals surface area contributed by atoms with Gasteiger partial charge in [0.2, 0.25) is 0 Å². The molecule has 3 nitrogen and oxygen atoms in total. The van der Waals surface area contributed by atoms with Crippen molar-refractivity contribution in [2.24, 2.45) is 11.8 Å². The molecule has 3 heteroatoms. The summed E-state index contributed by atoms with van der Waals surface area (Å²) in [4.78, 5) is 13.8. The number of rotatable bonds is 2. The van der Waals surface area contributed by atoms with Crippen LogP contribution in [-0.2, 0) is 9.53 Å². The first-order valence-electron chi connectivity index (χ1n) is 5.32. The van der Waals surface area contributed by atoms with E-state index in [2.05, 4.69) is 20.8 Å². The molecule has 1 saturated heterocycles. The van der Waals surface area contributed by atoms with Gasteiger partial charge in [-0.05, 0) is 25.7 Å². The molecule has 14 heavy (non-hydrogen) atoms. The molecule has 1 fully saturated rings. The van der Waals surface area contributed by atoms with Gasteiger partial charge in [0, 0.05) is 19.7 Å². The lowest BCUT2D eigenvalue weighted by Gasteiger charge is -2.25. The third kappa shape index (κ3) is 1.92. The molecular formula is C11H21NO2. The average molecular weight is 199 g/mol. The Morgan fingerprint density at radius 1 is 1.43 bits per heavy atom. The van der Waals surface area contributed by atoms with Gasteiger partial charge in [-0.3, -0.25) is 4.79 Å². The minimum absolute atomic E-state index is 0.121. The fourth-order valence-electron chi connectivity index (χ4n) is 2.03. The number of carbonyl (C=O) groups is 1. The Balaban J connectivity index is 2.66. The number of likely N-dealkylation sites (tertiary alicyclic amines) is 1. The van der Waals surface area contributed by atoms with E-state index in [4.69, 9.17) is 4.74 Å². The number of hydrogen-bond donors (Lipinski definition) is 0. The zero-order chi connectivity index (χ0) is 10.9. The Kier molecular flexibility index (Phi) is 3.53. The van der Waals surface area contributed by atoms with Crippen molar-refractivity contribution in [1.82, 2.24) is 4.90 Å². The van der Waals surface area contributed by atoms with E-state index in [9.17, 15) is 4.79 Å². The van der Waals surface area contributed by atoms with E-state index in [1.807, 2.05) is 11.8 Å². The van der Waals surface area contributed by atoms with Gasteiger partial charge in [-0.1, -0.05) is 13.8 Å². The number of hydrogen-bond acceptors (Lipinski definition) is 2. The van der Waals surface area contributed by atoms with Crippen LogP contribution in [0.25, 0.3) is 0 Å². The predicted molar refractivity (Wildman–Crippen MR) is 56.0 cm³/mol. The van der Waals surface area contributed by atoms with E-state index in [0.717, 1.165) is 6.54 Å². The molecule has 0 aromatic heterocycles. The van der Waals surface area contributed by atoms with Crippen LogP contribution >= 0.6 is 0 Å². The van der Waals surface area contributed by atoms with Gasteiger partial charge in [0.05, 0.1) is 0 Å². The van der Waals surface area contributed by atoms with Crippen LogP contribution in [0.1, 0.15) is 27.7 Å². The standard InChI is InChI=1S/C11H21NO2/c1-7-6-12(9(3)8(7)2)11(13)10(4)14-5/h7-10H,6H2,1-5H3. The van der Waals surface area contributed by atoms with Gasteiger partial charge in [0.25, 0.3) is 5.91 Å². The molecular weight excluding hydrogens is 178 g/mol. The number of methoxy groups -OCH3 is 1. The summed E-state index contributed by atoms with van der Waals surface area (Å²) in [5, 5.41) is 0. The summed E-state index contributed by atoms with van der Waals surface area (Å²) in [5.41, 5.74) is 0. The van der Waals surface area contributed by atoms with Crippen molar-refractivity contribution >= 4 is 5.91 Å². The summed E-state index contributed by atoms with van der Waals surface area (Å²) in [5.74, 6) is 1.30. The van der Waals surface area contributed by atoms with Crippen LogP contribution in [-0.4, -0.2) is 36.6 Å². The van der Waals surface area contributed by atoms with Crippen LogP contribution in [0.15, 0.2) is 0 Å². The second-order valence-corrected chi connectivity index (χ2v) is 4.45. The summed E-state index contributed by atoms with van der Waals surface area (Å²) < 4.78 is 5.05. The maximum absolute atomic E-state index is 11.9. The Morgan fingerprint density at radius 2 is 2.00 bits per heavy atom. The lowest BCUT2D eigenvalue weighted by atomic mass is 9.95. The maximum atomic E-state index is 11.9. The molecule has 0 aromatic carbocycles. The Labute approximate surface area is 86.4 Å². The van der Waals surface area contributed by atoms with Gasteiger partial charge >= 0.3 is 0 Å². The van der Waals surface area contributed by atoms with Gasteiger partial charge in [0.1, 0.15) is 6.10 Å². The zero-order valence-electron chi connectivity index (χ0n) is 9.78. The van der Waals surface area contributed by atoms with Gasteiger partial charge in [-0.15, -0.1) is 0 Å². The molecule has 1 amide bonds. The molecule has 0 aromatic rings. The highest BCUT2D eigenvalue weighted by molar-refractivity contribution is 5.81. The molecule has 1 aliphatic rings. The van der Waals surface area contributed by atoms with Crippen molar-refractivity contribution in [2.75, 3.05) is 13.7 Å². The SMILES string of the molecule is COC(C)C(=O)N1CC(C)C(C)C1C. The fraction of sp³-hybridized carbons (Fsp3) is 0.909. The predicted octanol–water partition coefficient (Wildman–Crippen LogP) is 1.52. The Morgan fingerprint density at radius 3 is 2.36 bits per heavy atom. The first-order valence-corrected chi connectivity index (χ1v) is 5.32. The lowest BCUT2D eigenvalue weighted by molar-refractivity contribution is -0.141. The summed E-state index contributed by atoms with van der Waals surface area (Å²) in [6.45, 7) is 9.21. The van der Waals surface area contributed by atoms with Gasteiger partial charge in [-0.25, -0.2) is 0 Å². The molecule has 4 atom stereocenters. The summed E-state index contributed by atoms with van der Waals surface area (Å²) in [7, 11) is 1.58. The third-order valence-electron chi connectivity index (χ3n) is 3.62. The molecule has 0 bridgehead atoms. The lowest BCUT2D eigenvalue weighted by Crippen LogP contribution is -2.41. The molecule has 0 radical (unpaired) electrons. The van der Waals surface area contributed by atoms with Gasteiger partial charge in [-0.2, -0.15) is 0 Å². The summed E-state index contributed by atoms with van der Waals surface area (Å²) in [6, 6.07) is 0.343. The van der Waals surface area contributed by atoms with Crippen molar-refractivity contribution in [2.45, 2.75) is 39.8 Å². The molecule has 1 heterocycles. The molecule has 82 valence electrons. The topological polar surface area (TPSA) is 29.5 Å². The molecule has 4 unspecified atom stereocenters. The van der Waals surface area contributed by atoms with Crippen molar-refractivity contribution in [3.05, 3.63) is 0 Å². The number of amides is 1. The first-order chi connectivity index (χ1) is 6.49. The van der Waals surface area contributed by atoms with E-state index in [1.54, 1.807) is 7.11 Å². The number of ether oxygens (including phenoxy) is 1. The first kappa shape index (κ1) is 11.5. The number of carbonyl (C=O) groups excluding carboxylic acids is 1. The summed E-state index contributed by atoms with van der Waals surface area (Å²) in [6.07, 6.45) is -0.310. The summed E-state index contributed by atoms with van der Waals surface area (Å²) >= 11 is 0. The van der Waals surface area contributed by atoms with Crippen molar-refractivity contribution in [3.63, 3.8) is 0 Å². The van der Waals surface area contributed by atoms with Gasteiger partial charge < -0.3 is 9.64 Å². The van der Waals surface area contributed by atoms with Gasteiger partial charge in [0.15, 0.2) is 0 Å².